The minimum Gasteiger partial charge on any atom is -0.494 e. The fraction of sp³-hybridized carbons (Fsp3) is 0.750. The minimum absolute atomic E-state index is 0.843. The van der Waals surface area contributed by atoms with Crippen molar-refractivity contribution in [3.05, 3.63) is 24.3 Å². The Labute approximate surface area is 163 Å². The summed E-state index contributed by atoms with van der Waals surface area (Å²) in [7, 11) is 0. The smallest absolute Gasteiger partial charge is 0.121 e. The second kappa shape index (κ2) is 17.2. The molecule has 0 heterocycles. The van der Waals surface area contributed by atoms with Crippen LogP contribution in [0.15, 0.2) is 24.3 Å². The number of rotatable bonds is 18. The maximum atomic E-state index is 5.90. The Hall–Kier alpha value is -1.18. The molecule has 0 aliphatic rings. The first-order chi connectivity index (χ1) is 12.9. The molecule has 0 fully saturated rings. The normalized spacial score (nSPS) is 10.8. The van der Waals surface area contributed by atoms with Gasteiger partial charge in [-0.15, -0.1) is 0 Å². The number of unbranched alkanes of at least 4 members (excludes halogenated alkanes) is 12. The van der Waals surface area contributed by atoms with Crippen molar-refractivity contribution in [1.29, 1.82) is 0 Å². The van der Waals surface area contributed by atoms with E-state index in [0.717, 1.165) is 18.9 Å². The lowest BCUT2D eigenvalue weighted by Gasteiger charge is -2.09. The van der Waals surface area contributed by atoms with Crippen molar-refractivity contribution in [2.24, 2.45) is 0 Å². The van der Waals surface area contributed by atoms with Crippen molar-refractivity contribution in [3.8, 4) is 5.75 Å². The lowest BCUT2D eigenvalue weighted by Crippen LogP contribution is -2.02. The van der Waals surface area contributed by atoms with Gasteiger partial charge in [-0.05, 0) is 25.0 Å². The molecule has 1 aromatic carbocycles. The van der Waals surface area contributed by atoms with Gasteiger partial charge >= 0.3 is 0 Å². The fourth-order valence-electron chi connectivity index (χ4n) is 3.24. The van der Waals surface area contributed by atoms with E-state index < -0.39 is 0 Å². The van der Waals surface area contributed by atoms with Gasteiger partial charge in [-0.1, -0.05) is 97.0 Å². The quantitative estimate of drug-likeness (QED) is 0.268. The van der Waals surface area contributed by atoms with Gasteiger partial charge in [-0.2, -0.15) is 0 Å². The Balaban J connectivity index is 1.92. The largest absolute Gasteiger partial charge is 0.494 e. The predicted octanol–water partition coefficient (Wildman–Crippen LogP) is 7.98. The van der Waals surface area contributed by atoms with Crippen LogP contribution in [0.2, 0.25) is 0 Å². The molecule has 0 amide bonds. The SMILES string of the molecule is CCCCCCCCCCCCCCOc1cccc(NCCCC)c1. The zero-order chi connectivity index (χ0) is 18.7. The second-order valence-electron chi connectivity index (χ2n) is 7.55. The molecule has 0 aliphatic carbocycles. The van der Waals surface area contributed by atoms with Crippen LogP contribution in [0.3, 0.4) is 0 Å². The van der Waals surface area contributed by atoms with Crippen molar-refractivity contribution in [1.82, 2.24) is 0 Å². The van der Waals surface area contributed by atoms with E-state index in [0.29, 0.717) is 0 Å². The minimum atomic E-state index is 0.843. The number of hydrogen-bond donors (Lipinski definition) is 1. The van der Waals surface area contributed by atoms with E-state index in [9.17, 15) is 0 Å². The molecule has 0 atom stereocenters. The highest BCUT2D eigenvalue weighted by molar-refractivity contribution is 5.48. The van der Waals surface area contributed by atoms with Gasteiger partial charge in [0.05, 0.1) is 6.61 Å². The first-order valence-electron chi connectivity index (χ1n) is 11.3. The lowest BCUT2D eigenvalue weighted by molar-refractivity contribution is 0.304. The number of benzene rings is 1. The molecular formula is C24H43NO. The molecule has 0 aromatic heterocycles. The maximum absolute atomic E-state index is 5.90. The molecule has 0 saturated heterocycles. The zero-order valence-corrected chi connectivity index (χ0v) is 17.5. The Morgan fingerprint density at radius 2 is 1.27 bits per heavy atom. The number of nitrogens with one attached hydrogen (secondary N) is 1. The standard InChI is InChI=1S/C24H43NO/c1-3-5-7-8-9-10-11-12-13-14-15-16-21-26-24-19-17-18-23(22-24)25-20-6-4-2/h17-19,22,25H,3-16,20-21H2,1-2H3. The van der Waals surface area contributed by atoms with Crippen LogP contribution in [-0.4, -0.2) is 13.2 Å². The molecule has 26 heavy (non-hydrogen) atoms. The van der Waals surface area contributed by atoms with Gasteiger partial charge in [0.25, 0.3) is 0 Å². The van der Waals surface area contributed by atoms with E-state index >= 15 is 0 Å². The van der Waals surface area contributed by atoms with Crippen molar-refractivity contribution >= 4 is 5.69 Å². The molecule has 0 unspecified atom stereocenters. The van der Waals surface area contributed by atoms with Gasteiger partial charge < -0.3 is 10.1 Å². The summed E-state index contributed by atoms with van der Waals surface area (Å²) in [5, 5.41) is 3.46. The Morgan fingerprint density at radius 1 is 0.692 bits per heavy atom. The van der Waals surface area contributed by atoms with E-state index in [4.69, 9.17) is 4.74 Å². The van der Waals surface area contributed by atoms with E-state index in [1.807, 2.05) is 0 Å². The van der Waals surface area contributed by atoms with Crippen LogP contribution in [0.4, 0.5) is 5.69 Å². The van der Waals surface area contributed by atoms with Gasteiger partial charge in [0, 0.05) is 18.3 Å². The van der Waals surface area contributed by atoms with E-state index in [1.165, 1.54) is 95.6 Å². The van der Waals surface area contributed by atoms with Crippen molar-refractivity contribution in [2.75, 3.05) is 18.5 Å². The van der Waals surface area contributed by atoms with Crippen LogP contribution in [0, 0.1) is 0 Å². The summed E-state index contributed by atoms with van der Waals surface area (Å²) in [5.41, 5.74) is 1.17. The van der Waals surface area contributed by atoms with Gasteiger partial charge in [0.2, 0.25) is 0 Å². The topological polar surface area (TPSA) is 21.3 Å². The highest BCUT2D eigenvalue weighted by Crippen LogP contribution is 2.18. The summed E-state index contributed by atoms with van der Waals surface area (Å²) in [4.78, 5) is 0. The molecule has 1 aromatic rings. The number of hydrogen-bond acceptors (Lipinski definition) is 2. The molecule has 0 radical (unpaired) electrons. The van der Waals surface area contributed by atoms with E-state index in [-0.39, 0.29) is 0 Å². The fourth-order valence-corrected chi connectivity index (χ4v) is 3.24. The Bertz CT molecular complexity index is 418. The summed E-state index contributed by atoms with van der Waals surface area (Å²) in [6, 6.07) is 8.37. The molecule has 1 rings (SSSR count). The average Bonchev–Trinajstić information content (AvgIpc) is 2.66. The zero-order valence-electron chi connectivity index (χ0n) is 17.5. The molecular weight excluding hydrogens is 318 g/mol. The molecule has 150 valence electrons. The van der Waals surface area contributed by atoms with Crippen molar-refractivity contribution < 1.29 is 4.74 Å². The first kappa shape index (κ1) is 22.9. The van der Waals surface area contributed by atoms with Crippen molar-refractivity contribution in [2.45, 2.75) is 104 Å². The summed E-state index contributed by atoms with van der Waals surface area (Å²) in [6.45, 7) is 6.39. The van der Waals surface area contributed by atoms with Gasteiger partial charge in [-0.3, -0.25) is 0 Å². The Morgan fingerprint density at radius 3 is 1.88 bits per heavy atom. The molecule has 0 saturated carbocycles. The third kappa shape index (κ3) is 13.1. The molecule has 2 nitrogen and oxygen atoms in total. The van der Waals surface area contributed by atoms with E-state index in [1.54, 1.807) is 0 Å². The molecule has 1 N–H and O–H groups in total. The van der Waals surface area contributed by atoms with Crippen LogP contribution in [0.5, 0.6) is 5.75 Å². The average molecular weight is 362 g/mol. The monoisotopic (exact) mass is 361 g/mol. The van der Waals surface area contributed by atoms with Gasteiger partial charge in [0.1, 0.15) is 5.75 Å². The van der Waals surface area contributed by atoms with Crippen LogP contribution in [-0.2, 0) is 0 Å². The third-order valence-electron chi connectivity index (χ3n) is 4.96. The van der Waals surface area contributed by atoms with E-state index in [2.05, 4.69) is 43.4 Å². The van der Waals surface area contributed by atoms with Crippen molar-refractivity contribution in [3.63, 3.8) is 0 Å². The molecule has 0 aliphatic heterocycles. The highest BCUT2D eigenvalue weighted by atomic mass is 16.5. The summed E-state index contributed by atoms with van der Waals surface area (Å²) < 4.78 is 5.90. The summed E-state index contributed by atoms with van der Waals surface area (Å²) in [6.07, 6.45) is 19.0. The van der Waals surface area contributed by atoms with Crippen LogP contribution in [0.25, 0.3) is 0 Å². The van der Waals surface area contributed by atoms with Gasteiger partial charge in [-0.25, -0.2) is 0 Å². The van der Waals surface area contributed by atoms with Crippen LogP contribution < -0.4 is 10.1 Å². The molecule has 0 bridgehead atoms. The Kier molecular flexibility index (Phi) is 15.2. The number of ether oxygens (including phenoxy) is 1. The van der Waals surface area contributed by atoms with Crippen LogP contribution >= 0.6 is 0 Å². The summed E-state index contributed by atoms with van der Waals surface area (Å²) in [5.74, 6) is 0.995. The molecule has 0 spiro atoms. The van der Waals surface area contributed by atoms with Gasteiger partial charge in [0.15, 0.2) is 0 Å². The maximum Gasteiger partial charge on any atom is 0.121 e. The second-order valence-corrected chi connectivity index (χ2v) is 7.55. The third-order valence-corrected chi connectivity index (χ3v) is 4.96. The predicted molar refractivity (Wildman–Crippen MR) is 116 cm³/mol. The van der Waals surface area contributed by atoms with Crippen LogP contribution in [0.1, 0.15) is 104 Å². The first-order valence-corrected chi connectivity index (χ1v) is 11.3. The molecule has 2 heteroatoms. The lowest BCUT2D eigenvalue weighted by atomic mass is 10.1. The highest BCUT2D eigenvalue weighted by Gasteiger charge is 1.98. The number of anilines is 1. The summed E-state index contributed by atoms with van der Waals surface area (Å²) >= 11 is 0.